The molecule has 1 aliphatic heterocycles. The summed E-state index contributed by atoms with van der Waals surface area (Å²) < 4.78 is 13.9. The van der Waals surface area contributed by atoms with Crippen molar-refractivity contribution in [3.05, 3.63) is 27.6 Å². The van der Waals surface area contributed by atoms with Gasteiger partial charge in [0.2, 0.25) is 0 Å². The Morgan fingerprint density at radius 3 is 2.69 bits per heavy atom. The number of rotatable bonds is 2. The molecule has 1 aliphatic rings. The molecule has 0 aliphatic carbocycles. The maximum absolute atomic E-state index is 12.9. The van der Waals surface area contributed by atoms with Gasteiger partial charge in [-0.2, -0.15) is 0 Å². The van der Waals surface area contributed by atoms with Crippen LogP contribution in [-0.2, 0) is 0 Å². The molecule has 0 unspecified atom stereocenters. The van der Waals surface area contributed by atoms with Crippen molar-refractivity contribution in [1.82, 2.24) is 4.90 Å². The van der Waals surface area contributed by atoms with Crippen LogP contribution in [0.4, 0.5) is 10.1 Å². The summed E-state index contributed by atoms with van der Waals surface area (Å²) in [5, 5.41) is 3.50. The molecule has 1 heterocycles. The number of anilines is 1. The average molecular weight is 334 g/mol. The van der Waals surface area contributed by atoms with Crippen LogP contribution in [0.1, 0.15) is 12.8 Å². The summed E-state index contributed by atoms with van der Waals surface area (Å²) in [5.41, 5.74) is 1.05. The first-order valence-electron chi connectivity index (χ1n) is 5.55. The summed E-state index contributed by atoms with van der Waals surface area (Å²) in [7, 11) is 2.15. The van der Waals surface area contributed by atoms with Gasteiger partial charge in [-0.15, -0.1) is 0 Å². The van der Waals surface area contributed by atoms with E-state index in [0.717, 1.165) is 35.2 Å². The van der Waals surface area contributed by atoms with E-state index in [2.05, 4.69) is 39.9 Å². The predicted molar refractivity (Wildman–Crippen MR) is 73.3 cm³/mol. The lowest BCUT2D eigenvalue weighted by molar-refractivity contribution is 0.264. The highest BCUT2D eigenvalue weighted by molar-refractivity contribution is 14.1. The lowest BCUT2D eigenvalue weighted by Crippen LogP contribution is -2.36. The van der Waals surface area contributed by atoms with Gasteiger partial charge in [-0.25, -0.2) is 4.39 Å². The van der Waals surface area contributed by atoms with E-state index in [0.29, 0.717) is 6.04 Å². The molecule has 0 radical (unpaired) electrons. The second-order valence-electron chi connectivity index (χ2n) is 4.35. The Hall–Kier alpha value is -0.360. The van der Waals surface area contributed by atoms with E-state index in [9.17, 15) is 4.39 Å². The van der Waals surface area contributed by atoms with Crippen molar-refractivity contribution in [3.63, 3.8) is 0 Å². The Labute approximate surface area is 109 Å². The monoisotopic (exact) mass is 334 g/mol. The lowest BCUT2D eigenvalue weighted by Gasteiger charge is -2.30. The maximum Gasteiger partial charge on any atom is 0.124 e. The number of nitrogens with zero attached hydrogens (tertiary/aromatic N) is 1. The van der Waals surface area contributed by atoms with Crippen molar-refractivity contribution in [3.8, 4) is 0 Å². The van der Waals surface area contributed by atoms with E-state index in [-0.39, 0.29) is 5.82 Å². The Balaban J connectivity index is 1.98. The smallest absolute Gasteiger partial charge is 0.124 e. The zero-order valence-corrected chi connectivity index (χ0v) is 11.5. The van der Waals surface area contributed by atoms with Crippen LogP contribution < -0.4 is 5.32 Å². The second-order valence-corrected chi connectivity index (χ2v) is 5.51. The number of halogens is 2. The number of likely N-dealkylation sites (tertiary alicyclic amines) is 1. The van der Waals surface area contributed by atoms with Crippen LogP contribution in [0.2, 0.25) is 0 Å². The third kappa shape index (κ3) is 3.07. The lowest BCUT2D eigenvalue weighted by atomic mass is 10.1. The van der Waals surface area contributed by atoms with Gasteiger partial charge in [0, 0.05) is 15.3 Å². The Bertz CT molecular complexity index is 362. The topological polar surface area (TPSA) is 15.3 Å². The summed E-state index contributed by atoms with van der Waals surface area (Å²) in [6.45, 7) is 2.27. The van der Waals surface area contributed by atoms with Crippen molar-refractivity contribution in [2.45, 2.75) is 18.9 Å². The van der Waals surface area contributed by atoms with Crippen molar-refractivity contribution in [2.24, 2.45) is 0 Å². The molecule has 1 N–H and O–H groups in total. The number of benzene rings is 1. The third-order valence-corrected chi connectivity index (χ3v) is 3.90. The summed E-state index contributed by atoms with van der Waals surface area (Å²) >= 11 is 2.17. The molecule has 4 heteroatoms. The minimum Gasteiger partial charge on any atom is -0.381 e. The number of hydrogen-bond acceptors (Lipinski definition) is 2. The van der Waals surface area contributed by atoms with E-state index in [4.69, 9.17) is 0 Å². The number of piperidine rings is 1. The second kappa shape index (κ2) is 5.31. The molecule has 1 aromatic carbocycles. The standard InChI is InChI=1S/C12H16FIN2/c1-16-6-4-10(5-7-16)15-12-3-2-9(13)8-11(12)14/h2-3,8,10,15H,4-7H2,1H3. The molecule has 2 rings (SSSR count). The van der Waals surface area contributed by atoms with Crippen LogP contribution in [-0.4, -0.2) is 31.1 Å². The highest BCUT2D eigenvalue weighted by Crippen LogP contribution is 2.22. The van der Waals surface area contributed by atoms with Crippen molar-refractivity contribution in [2.75, 3.05) is 25.5 Å². The van der Waals surface area contributed by atoms with E-state index >= 15 is 0 Å². The minimum absolute atomic E-state index is 0.168. The van der Waals surface area contributed by atoms with Crippen LogP contribution in [0, 0.1) is 9.39 Å². The molecule has 88 valence electrons. The number of hydrogen-bond donors (Lipinski definition) is 1. The third-order valence-electron chi connectivity index (χ3n) is 3.01. The van der Waals surface area contributed by atoms with Crippen LogP contribution in [0.5, 0.6) is 0 Å². The van der Waals surface area contributed by atoms with Crippen LogP contribution in [0.3, 0.4) is 0 Å². The summed E-state index contributed by atoms with van der Waals surface area (Å²) in [6, 6.07) is 5.43. The summed E-state index contributed by atoms with van der Waals surface area (Å²) in [4.78, 5) is 2.34. The highest BCUT2D eigenvalue weighted by atomic mass is 127. The molecule has 0 atom stereocenters. The maximum atomic E-state index is 12.9. The van der Waals surface area contributed by atoms with Gasteiger partial charge in [-0.1, -0.05) is 0 Å². The van der Waals surface area contributed by atoms with E-state index in [1.165, 1.54) is 6.07 Å². The summed E-state index contributed by atoms with van der Waals surface area (Å²) in [6.07, 6.45) is 2.31. The van der Waals surface area contributed by atoms with Gasteiger partial charge in [-0.05, 0) is 73.8 Å². The van der Waals surface area contributed by atoms with Gasteiger partial charge in [0.25, 0.3) is 0 Å². The van der Waals surface area contributed by atoms with E-state index in [1.54, 1.807) is 6.07 Å². The van der Waals surface area contributed by atoms with Crippen molar-refractivity contribution < 1.29 is 4.39 Å². The highest BCUT2D eigenvalue weighted by Gasteiger charge is 2.16. The minimum atomic E-state index is -0.168. The molecule has 16 heavy (non-hydrogen) atoms. The largest absolute Gasteiger partial charge is 0.381 e. The molecule has 2 nitrogen and oxygen atoms in total. The van der Waals surface area contributed by atoms with Crippen molar-refractivity contribution in [1.29, 1.82) is 0 Å². The molecule has 0 spiro atoms. The van der Waals surface area contributed by atoms with Gasteiger partial charge in [0.1, 0.15) is 5.82 Å². The SMILES string of the molecule is CN1CCC(Nc2ccc(F)cc2I)CC1. The van der Waals surface area contributed by atoms with Gasteiger partial charge < -0.3 is 10.2 Å². The van der Waals surface area contributed by atoms with Crippen molar-refractivity contribution >= 4 is 28.3 Å². The average Bonchev–Trinajstić information content (AvgIpc) is 2.25. The first kappa shape index (κ1) is 12.1. The van der Waals surface area contributed by atoms with Crippen LogP contribution in [0.25, 0.3) is 0 Å². The summed E-state index contributed by atoms with van der Waals surface area (Å²) in [5.74, 6) is -0.168. The fourth-order valence-corrected chi connectivity index (χ4v) is 2.61. The molecule has 1 saturated heterocycles. The number of nitrogens with one attached hydrogen (secondary N) is 1. The normalized spacial score (nSPS) is 18.7. The molecule has 0 bridgehead atoms. The quantitative estimate of drug-likeness (QED) is 0.837. The molecule has 0 aromatic heterocycles. The zero-order chi connectivity index (χ0) is 11.5. The molecule has 0 amide bonds. The van der Waals surface area contributed by atoms with E-state index < -0.39 is 0 Å². The van der Waals surface area contributed by atoms with Gasteiger partial charge in [0.05, 0.1) is 0 Å². The molecular formula is C12H16FIN2. The Morgan fingerprint density at radius 1 is 1.38 bits per heavy atom. The van der Waals surface area contributed by atoms with Gasteiger partial charge in [0.15, 0.2) is 0 Å². The Morgan fingerprint density at radius 2 is 2.06 bits per heavy atom. The predicted octanol–water partition coefficient (Wildman–Crippen LogP) is 2.94. The van der Waals surface area contributed by atoms with Gasteiger partial charge in [-0.3, -0.25) is 0 Å². The molecule has 0 saturated carbocycles. The van der Waals surface area contributed by atoms with Gasteiger partial charge >= 0.3 is 0 Å². The fourth-order valence-electron chi connectivity index (χ4n) is 1.98. The molecule has 1 aromatic rings. The molecule has 1 fully saturated rings. The van der Waals surface area contributed by atoms with E-state index in [1.807, 2.05) is 6.07 Å². The molecular weight excluding hydrogens is 318 g/mol. The fraction of sp³-hybridized carbons (Fsp3) is 0.500. The first-order chi connectivity index (χ1) is 7.65. The van der Waals surface area contributed by atoms with Crippen LogP contribution in [0.15, 0.2) is 18.2 Å². The zero-order valence-electron chi connectivity index (χ0n) is 9.34. The Kier molecular flexibility index (Phi) is 4.02. The first-order valence-corrected chi connectivity index (χ1v) is 6.63. The van der Waals surface area contributed by atoms with Crippen LogP contribution >= 0.6 is 22.6 Å².